The summed E-state index contributed by atoms with van der Waals surface area (Å²) in [7, 11) is 2.14. The highest BCUT2D eigenvalue weighted by molar-refractivity contribution is 4.85. The Morgan fingerprint density at radius 2 is 1.93 bits per heavy atom. The molecular formula is C12H26N2O. The third kappa shape index (κ3) is 3.44. The number of likely N-dealkylation sites (N-methyl/N-ethyl adjacent to an activating group) is 1. The minimum Gasteiger partial charge on any atom is -0.396 e. The molecule has 1 aliphatic rings. The zero-order chi connectivity index (χ0) is 11.5. The lowest BCUT2D eigenvalue weighted by molar-refractivity contribution is 0.0921. The van der Waals surface area contributed by atoms with Crippen LogP contribution in [0, 0.1) is 5.92 Å². The molecule has 0 radical (unpaired) electrons. The highest BCUT2D eigenvalue weighted by Gasteiger charge is 2.29. The molecule has 3 heteroatoms. The second kappa shape index (κ2) is 5.28. The zero-order valence-electron chi connectivity index (χ0n) is 10.7. The van der Waals surface area contributed by atoms with Crippen molar-refractivity contribution in [3.05, 3.63) is 0 Å². The van der Waals surface area contributed by atoms with Gasteiger partial charge in [-0.1, -0.05) is 6.92 Å². The van der Waals surface area contributed by atoms with Gasteiger partial charge in [-0.25, -0.2) is 0 Å². The second-order valence-electron chi connectivity index (χ2n) is 5.42. The third-order valence-electron chi connectivity index (χ3n) is 3.78. The van der Waals surface area contributed by atoms with Crippen LogP contribution in [-0.2, 0) is 0 Å². The van der Waals surface area contributed by atoms with Gasteiger partial charge >= 0.3 is 0 Å². The quantitative estimate of drug-likeness (QED) is 0.760. The Kier molecular flexibility index (Phi) is 4.56. The Labute approximate surface area is 94.1 Å². The average Bonchev–Trinajstić information content (AvgIpc) is 2.40. The maximum atomic E-state index is 9.34. The first-order valence-electron chi connectivity index (χ1n) is 6.04. The fourth-order valence-corrected chi connectivity index (χ4v) is 2.17. The second-order valence-corrected chi connectivity index (χ2v) is 5.42. The lowest BCUT2D eigenvalue weighted by Crippen LogP contribution is -2.46. The van der Waals surface area contributed by atoms with Crippen LogP contribution in [0.3, 0.4) is 0 Å². The van der Waals surface area contributed by atoms with E-state index in [1.807, 2.05) is 0 Å². The van der Waals surface area contributed by atoms with E-state index >= 15 is 0 Å². The van der Waals surface area contributed by atoms with E-state index in [1.165, 1.54) is 0 Å². The molecule has 1 unspecified atom stereocenters. The van der Waals surface area contributed by atoms with Crippen molar-refractivity contribution in [3.8, 4) is 0 Å². The predicted molar refractivity (Wildman–Crippen MR) is 64.0 cm³/mol. The van der Waals surface area contributed by atoms with Crippen molar-refractivity contribution in [2.75, 3.05) is 39.8 Å². The molecule has 0 bridgehead atoms. The summed E-state index contributed by atoms with van der Waals surface area (Å²) >= 11 is 0. The molecule has 1 rings (SSSR count). The largest absolute Gasteiger partial charge is 0.396 e. The number of rotatable bonds is 3. The molecule has 0 saturated carbocycles. The van der Waals surface area contributed by atoms with Gasteiger partial charge in [0.05, 0.1) is 0 Å². The topological polar surface area (TPSA) is 26.7 Å². The minimum atomic E-state index is 0.262. The van der Waals surface area contributed by atoms with Crippen molar-refractivity contribution >= 4 is 0 Å². The molecule has 15 heavy (non-hydrogen) atoms. The Balaban J connectivity index is 2.65. The van der Waals surface area contributed by atoms with Gasteiger partial charge in [-0.05, 0) is 27.3 Å². The Hall–Kier alpha value is -0.120. The SMILES string of the molecule is CCC(C)(C)N1CCN(C)CC(CO)C1. The monoisotopic (exact) mass is 214 g/mol. The molecular weight excluding hydrogens is 188 g/mol. The van der Waals surface area contributed by atoms with E-state index in [-0.39, 0.29) is 5.54 Å². The summed E-state index contributed by atoms with van der Waals surface area (Å²) < 4.78 is 0. The minimum absolute atomic E-state index is 0.262. The summed E-state index contributed by atoms with van der Waals surface area (Å²) in [6.45, 7) is 11.4. The third-order valence-corrected chi connectivity index (χ3v) is 3.78. The molecule has 1 N–H and O–H groups in total. The molecule has 1 atom stereocenters. The van der Waals surface area contributed by atoms with Gasteiger partial charge in [0.25, 0.3) is 0 Å². The first-order chi connectivity index (χ1) is 6.99. The molecule has 0 aromatic rings. The van der Waals surface area contributed by atoms with Gasteiger partial charge in [0.2, 0.25) is 0 Å². The Morgan fingerprint density at radius 3 is 2.47 bits per heavy atom. The molecule has 0 aromatic heterocycles. The summed E-state index contributed by atoms with van der Waals surface area (Å²) in [5, 5.41) is 9.34. The molecule has 1 heterocycles. The van der Waals surface area contributed by atoms with E-state index in [2.05, 4.69) is 37.6 Å². The van der Waals surface area contributed by atoms with Crippen LogP contribution in [0.2, 0.25) is 0 Å². The van der Waals surface area contributed by atoms with Gasteiger partial charge in [0.15, 0.2) is 0 Å². The van der Waals surface area contributed by atoms with E-state index in [0.717, 1.165) is 32.6 Å². The number of hydrogen-bond donors (Lipinski definition) is 1. The van der Waals surface area contributed by atoms with Crippen LogP contribution in [0.25, 0.3) is 0 Å². The molecule has 0 aliphatic carbocycles. The van der Waals surface area contributed by atoms with Crippen molar-refractivity contribution in [3.63, 3.8) is 0 Å². The van der Waals surface area contributed by atoms with Gasteiger partial charge in [-0.2, -0.15) is 0 Å². The molecule has 1 fully saturated rings. The average molecular weight is 214 g/mol. The standard InChI is InChI=1S/C12H26N2O/c1-5-12(2,3)14-7-6-13(4)8-11(9-14)10-15/h11,15H,5-10H2,1-4H3. The van der Waals surface area contributed by atoms with Crippen LogP contribution < -0.4 is 0 Å². The van der Waals surface area contributed by atoms with Crippen LogP contribution in [-0.4, -0.2) is 60.3 Å². The molecule has 0 amide bonds. The van der Waals surface area contributed by atoms with Crippen molar-refractivity contribution in [1.29, 1.82) is 0 Å². The normalized spacial score (nSPS) is 26.6. The smallest absolute Gasteiger partial charge is 0.0483 e. The molecule has 3 nitrogen and oxygen atoms in total. The van der Waals surface area contributed by atoms with Crippen LogP contribution in [0.5, 0.6) is 0 Å². The lowest BCUT2D eigenvalue weighted by atomic mass is 9.97. The molecule has 1 saturated heterocycles. The van der Waals surface area contributed by atoms with Crippen molar-refractivity contribution in [1.82, 2.24) is 9.80 Å². The van der Waals surface area contributed by atoms with Crippen molar-refractivity contribution in [2.45, 2.75) is 32.7 Å². The maximum absolute atomic E-state index is 9.34. The van der Waals surface area contributed by atoms with Crippen LogP contribution in [0.1, 0.15) is 27.2 Å². The van der Waals surface area contributed by atoms with E-state index in [0.29, 0.717) is 12.5 Å². The zero-order valence-corrected chi connectivity index (χ0v) is 10.7. The number of aliphatic hydroxyl groups excluding tert-OH is 1. The highest BCUT2D eigenvalue weighted by atomic mass is 16.3. The molecule has 0 aromatic carbocycles. The van der Waals surface area contributed by atoms with Gasteiger partial charge in [-0.15, -0.1) is 0 Å². The maximum Gasteiger partial charge on any atom is 0.0483 e. The van der Waals surface area contributed by atoms with Gasteiger partial charge in [0, 0.05) is 44.2 Å². The van der Waals surface area contributed by atoms with Crippen molar-refractivity contribution < 1.29 is 5.11 Å². The van der Waals surface area contributed by atoms with Gasteiger partial charge in [-0.3, -0.25) is 4.90 Å². The van der Waals surface area contributed by atoms with Crippen LogP contribution >= 0.6 is 0 Å². The van der Waals surface area contributed by atoms with E-state index in [9.17, 15) is 5.11 Å². The van der Waals surface area contributed by atoms with Gasteiger partial charge < -0.3 is 10.0 Å². The first kappa shape index (κ1) is 12.9. The van der Waals surface area contributed by atoms with Crippen LogP contribution in [0.4, 0.5) is 0 Å². The van der Waals surface area contributed by atoms with Crippen molar-refractivity contribution in [2.24, 2.45) is 5.92 Å². The summed E-state index contributed by atoms with van der Waals surface area (Å²) in [6.07, 6.45) is 1.16. The predicted octanol–water partition coefficient (Wildman–Crippen LogP) is 1.03. The fourth-order valence-electron chi connectivity index (χ4n) is 2.17. The summed E-state index contributed by atoms with van der Waals surface area (Å²) in [5.74, 6) is 0.406. The fraction of sp³-hybridized carbons (Fsp3) is 1.00. The summed E-state index contributed by atoms with van der Waals surface area (Å²) in [4.78, 5) is 4.85. The molecule has 0 spiro atoms. The summed E-state index contributed by atoms with van der Waals surface area (Å²) in [5.41, 5.74) is 0.262. The first-order valence-corrected chi connectivity index (χ1v) is 6.04. The van der Waals surface area contributed by atoms with Gasteiger partial charge in [0.1, 0.15) is 0 Å². The van der Waals surface area contributed by atoms with E-state index < -0.39 is 0 Å². The Bertz CT molecular complexity index is 194. The molecule has 90 valence electrons. The number of aliphatic hydroxyl groups is 1. The van der Waals surface area contributed by atoms with E-state index in [4.69, 9.17) is 0 Å². The van der Waals surface area contributed by atoms with Crippen LogP contribution in [0.15, 0.2) is 0 Å². The lowest BCUT2D eigenvalue weighted by Gasteiger charge is -2.38. The Morgan fingerprint density at radius 1 is 1.27 bits per heavy atom. The molecule has 1 aliphatic heterocycles. The number of nitrogens with zero attached hydrogens (tertiary/aromatic N) is 2. The highest BCUT2D eigenvalue weighted by Crippen LogP contribution is 2.21. The summed E-state index contributed by atoms with van der Waals surface area (Å²) in [6, 6.07) is 0. The van der Waals surface area contributed by atoms with E-state index in [1.54, 1.807) is 0 Å². The number of hydrogen-bond acceptors (Lipinski definition) is 3.